The maximum absolute atomic E-state index is 9.60. The summed E-state index contributed by atoms with van der Waals surface area (Å²) < 4.78 is 81.0. The number of hydrogen-bond donors (Lipinski definition) is 0. The molecule has 1 aromatic heterocycles. The predicted octanol–water partition coefficient (Wildman–Crippen LogP) is 13.7. The van der Waals surface area contributed by atoms with Crippen molar-refractivity contribution in [2.75, 3.05) is 0 Å². The van der Waals surface area contributed by atoms with Crippen molar-refractivity contribution in [3.8, 4) is 33.4 Å². The molecule has 0 spiro atoms. The summed E-state index contributed by atoms with van der Waals surface area (Å²) in [5.41, 5.74) is 4.74. The van der Waals surface area contributed by atoms with Crippen LogP contribution in [0.2, 0.25) is 19.6 Å². The summed E-state index contributed by atoms with van der Waals surface area (Å²) in [4.78, 5) is 0. The molecule has 51 heavy (non-hydrogen) atoms. The first-order chi connectivity index (χ1) is 28.3. The smallest absolute Gasteiger partial charge is 0.143 e. The van der Waals surface area contributed by atoms with E-state index in [1.807, 2.05) is 84.9 Å². The third-order valence-electron chi connectivity index (χ3n) is 10.3. The molecule has 1 nitrogen and oxygen atoms in total. The number of furan rings is 1. The van der Waals surface area contributed by atoms with Crippen LogP contribution in [0, 0.1) is 0 Å². The van der Waals surface area contributed by atoms with Gasteiger partial charge in [-0.25, -0.2) is 0 Å². The highest BCUT2D eigenvalue weighted by atomic mass is 28.3. The standard InChI is InChI=1S/C49H36OSi/c1-51(2,3)45-30-29-34(33-18-6-7-19-35(33)45)41-27-28-43(48-42-24-12-13-26-44(42)50-49(41)48)47-39-22-10-8-20-37(39)46(38-21-9-11-23-40(38)47)36-25-14-16-31-15-4-5-17-32(31)36/h4-30H,1-3H3/i8D,9D,10D,11D,20D,21D,22D,23D. The van der Waals surface area contributed by atoms with E-state index in [9.17, 15) is 5.48 Å². The van der Waals surface area contributed by atoms with Crippen molar-refractivity contribution in [1.29, 1.82) is 0 Å². The number of benzene rings is 9. The molecule has 0 bridgehead atoms. The lowest BCUT2D eigenvalue weighted by molar-refractivity contribution is 0.670. The second-order valence-electron chi connectivity index (χ2n) is 14.2. The highest BCUT2D eigenvalue weighted by Crippen LogP contribution is 2.49. The molecule has 10 aromatic rings. The summed E-state index contributed by atoms with van der Waals surface area (Å²) in [6.07, 6.45) is 0. The second kappa shape index (κ2) is 11.3. The van der Waals surface area contributed by atoms with Crippen LogP contribution in [-0.4, -0.2) is 8.07 Å². The van der Waals surface area contributed by atoms with Crippen LogP contribution >= 0.6 is 0 Å². The van der Waals surface area contributed by atoms with E-state index in [1.54, 1.807) is 0 Å². The Kier molecular flexibility index (Phi) is 5.02. The number of fused-ring (bicyclic) bond motifs is 7. The van der Waals surface area contributed by atoms with Crippen molar-refractivity contribution >= 4 is 78.3 Å². The maximum Gasteiger partial charge on any atom is 0.143 e. The monoisotopic (exact) mass is 676 g/mol. The van der Waals surface area contributed by atoms with Gasteiger partial charge in [0.05, 0.1) is 19.0 Å². The highest BCUT2D eigenvalue weighted by Gasteiger charge is 2.25. The van der Waals surface area contributed by atoms with E-state index < -0.39 is 32.2 Å². The molecule has 9 aromatic carbocycles. The van der Waals surface area contributed by atoms with Crippen LogP contribution < -0.4 is 5.19 Å². The molecule has 0 unspecified atom stereocenters. The number of hydrogen-bond acceptors (Lipinski definition) is 1. The Hall–Kier alpha value is -5.96. The summed E-state index contributed by atoms with van der Waals surface area (Å²) in [5.74, 6) is 0. The van der Waals surface area contributed by atoms with E-state index in [2.05, 4.69) is 50.0 Å². The lowest BCUT2D eigenvalue weighted by Gasteiger charge is -2.21. The molecule has 0 amide bonds. The van der Waals surface area contributed by atoms with Crippen LogP contribution in [0.4, 0.5) is 0 Å². The zero-order chi connectivity index (χ0) is 41.2. The molecule has 242 valence electrons. The summed E-state index contributed by atoms with van der Waals surface area (Å²) in [6.45, 7) is 7.01. The van der Waals surface area contributed by atoms with Crippen molar-refractivity contribution in [3.63, 3.8) is 0 Å². The third kappa shape index (κ3) is 4.53. The minimum atomic E-state index is -1.74. The molecule has 0 N–H and O–H groups in total. The Morgan fingerprint density at radius 1 is 0.431 bits per heavy atom. The molecule has 0 fully saturated rings. The molecule has 0 atom stereocenters. The van der Waals surface area contributed by atoms with E-state index in [0.717, 1.165) is 32.7 Å². The van der Waals surface area contributed by atoms with Gasteiger partial charge in [0.2, 0.25) is 0 Å². The lowest BCUT2D eigenvalue weighted by atomic mass is 9.83. The van der Waals surface area contributed by atoms with Gasteiger partial charge in [0.15, 0.2) is 0 Å². The molecule has 0 radical (unpaired) electrons. The molecule has 0 aliphatic heterocycles. The summed E-state index contributed by atoms with van der Waals surface area (Å²) >= 11 is 0. The van der Waals surface area contributed by atoms with Gasteiger partial charge in [0.1, 0.15) is 11.2 Å². The van der Waals surface area contributed by atoms with E-state index in [-0.39, 0.29) is 45.7 Å². The molecule has 10 rings (SSSR count). The van der Waals surface area contributed by atoms with Gasteiger partial charge in [0, 0.05) is 16.3 Å². The van der Waals surface area contributed by atoms with E-state index in [1.165, 1.54) is 10.6 Å². The maximum atomic E-state index is 9.60. The molecule has 0 saturated heterocycles. The zero-order valence-electron chi connectivity index (χ0n) is 36.4. The van der Waals surface area contributed by atoms with Crippen molar-refractivity contribution in [1.82, 2.24) is 0 Å². The largest absolute Gasteiger partial charge is 0.455 e. The van der Waals surface area contributed by atoms with Crippen LogP contribution in [-0.2, 0) is 0 Å². The van der Waals surface area contributed by atoms with Gasteiger partial charge in [-0.3, -0.25) is 0 Å². The van der Waals surface area contributed by atoms with E-state index in [4.69, 9.17) is 9.90 Å². The Morgan fingerprint density at radius 2 is 0.961 bits per heavy atom. The van der Waals surface area contributed by atoms with Gasteiger partial charge >= 0.3 is 0 Å². The summed E-state index contributed by atoms with van der Waals surface area (Å²) in [6, 6.07) is 34.8. The number of rotatable bonds is 4. The average Bonchev–Trinajstić information content (AvgIpc) is 3.64. The molecule has 0 aliphatic carbocycles. The first-order valence-electron chi connectivity index (χ1n) is 21.2. The zero-order valence-corrected chi connectivity index (χ0v) is 29.4. The molecule has 0 aliphatic rings. The van der Waals surface area contributed by atoms with Gasteiger partial charge in [-0.1, -0.05) is 176 Å². The average molecular weight is 677 g/mol. The molecular weight excluding hydrogens is 633 g/mol. The highest BCUT2D eigenvalue weighted by molar-refractivity contribution is 6.90. The topological polar surface area (TPSA) is 13.1 Å². The fourth-order valence-electron chi connectivity index (χ4n) is 8.04. The van der Waals surface area contributed by atoms with Gasteiger partial charge in [-0.15, -0.1) is 0 Å². The minimum Gasteiger partial charge on any atom is -0.455 e. The van der Waals surface area contributed by atoms with Crippen molar-refractivity contribution in [3.05, 3.63) is 164 Å². The molecule has 0 saturated carbocycles. The second-order valence-corrected chi connectivity index (χ2v) is 19.2. The quantitative estimate of drug-likeness (QED) is 0.134. The Bertz CT molecular complexity index is 3390. The summed E-state index contributed by atoms with van der Waals surface area (Å²) in [7, 11) is -1.74. The first-order valence-corrected chi connectivity index (χ1v) is 20.7. The third-order valence-corrected chi connectivity index (χ3v) is 12.3. The Morgan fingerprint density at radius 3 is 1.65 bits per heavy atom. The molecule has 2 heteroatoms. The van der Waals surface area contributed by atoms with Crippen LogP contribution in [0.25, 0.3) is 98.4 Å². The molecular formula is C49H36OSi. The van der Waals surface area contributed by atoms with Crippen molar-refractivity contribution in [2.45, 2.75) is 19.6 Å². The normalized spacial score (nSPS) is 14.4. The van der Waals surface area contributed by atoms with E-state index in [0.29, 0.717) is 38.8 Å². The SMILES string of the molecule is [2H]c1c([2H])c([2H])c2c(-c3ccc(-c4ccc([Si](C)(C)C)c5ccccc45)c4oc5ccccc5c34)c3c([2H])c([2H])c([2H])c([2H])c3c(-c3cccc4ccccc34)c2c1[2H]. The van der Waals surface area contributed by atoms with Crippen molar-refractivity contribution < 1.29 is 15.4 Å². The number of para-hydroxylation sites is 1. The van der Waals surface area contributed by atoms with Gasteiger partial charge in [-0.05, 0) is 83.0 Å². The van der Waals surface area contributed by atoms with Gasteiger partial charge in [0.25, 0.3) is 0 Å². The Labute approximate surface area is 309 Å². The van der Waals surface area contributed by atoms with Crippen LogP contribution in [0.15, 0.2) is 168 Å². The Balaban J connectivity index is 1.45. The fraction of sp³-hybridized carbons (Fsp3) is 0.0612. The fourth-order valence-corrected chi connectivity index (χ4v) is 9.65. The first kappa shape index (κ1) is 22.7. The van der Waals surface area contributed by atoms with Crippen LogP contribution in [0.3, 0.4) is 0 Å². The van der Waals surface area contributed by atoms with Crippen LogP contribution in [0.5, 0.6) is 0 Å². The summed E-state index contributed by atoms with van der Waals surface area (Å²) in [5, 5.41) is 7.42. The van der Waals surface area contributed by atoms with Gasteiger partial charge in [-0.2, -0.15) is 0 Å². The molecule has 1 heterocycles. The lowest BCUT2D eigenvalue weighted by Crippen LogP contribution is -2.38. The van der Waals surface area contributed by atoms with Crippen LogP contribution in [0.1, 0.15) is 11.0 Å². The van der Waals surface area contributed by atoms with Gasteiger partial charge < -0.3 is 4.42 Å². The minimum absolute atomic E-state index is 0.167. The van der Waals surface area contributed by atoms with E-state index >= 15 is 0 Å². The predicted molar refractivity (Wildman–Crippen MR) is 223 cm³/mol. The van der Waals surface area contributed by atoms with Crippen molar-refractivity contribution in [2.24, 2.45) is 0 Å².